The summed E-state index contributed by atoms with van der Waals surface area (Å²) in [5.74, 6) is -1.51. The Labute approximate surface area is 166 Å². The van der Waals surface area contributed by atoms with Gasteiger partial charge in [-0.05, 0) is 0 Å². The topological polar surface area (TPSA) is 166 Å². The highest BCUT2D eigenvalue weighted by atomic mass is 32.2. The number of ether oxygens (including phenoxy) is 3. The van der Waals surface area contributed by atoms with E-state index in [0.717, 1.165) is 24.7 Å². The smallest absolute Gasteiger partial charge is 0.351 e. The zero-order chi connectivity index (χ0) is 21.9. The molecule has 1 aromatic heterocycles. The van der Waals surface area contributed by atoms with E-state index >= 15 is 0 Å². The first-order chi connectivity index (χ1) is 13.4. The predicted molar refractivity (Wildman–Crippen MR) is 98.8 cm³/mol. The van der Waals surface area contributed by atoms with Gasteiger partial charge in [-0.3, -0.25) is 18.3 Å². The maximum Gasteiger partial charge on any atom is 0.351 e. The van der Waals surface area contributed by atoms with Crippen LogP contribution in [0, 0.1) is 0 Å². The Morgan fingerprint density at radius 2 is 2.00 bits per heavy atom. The number of nitrogens with two attached hydrogens (primary N) is 1. The molecule has 0 spiro atoms. The van der Waals surface area contributed by atoms with Crippen LogP contribution in [0.25, 0.3) is 6.08 Å². The molecular formula is C16H21N3O9S. The van der Waals surface area contributed by atoms with Crippen molar-refractivity contribution < 1.29 is 36.4 Å². The monoisotopic (exact) mass is 431 g/mol. The van der Waals surface area contributed by atoms with Crippen molar-refractivity contribution in [1.82, 2.24) is 9.55 Å². The van der Waals surface area contributed by atoms with Crippen molar-refractivity contribution in [2.75, 3.05) is 18.6 Å². The van der Waals surface area contributed by atoms with Gasteiger partial charge in [0.15, 0.2) is 12.3 Å². The second-order valence-electron chi connectivity index (χ2n) is 6.18. The number of aromatic nitrogens is 2. The van der Waals surface area contributed by atoms with Gasteiger partial charge in [-0.15, -0.1) is 0 Å². The van der Waals surface area contributed by atoms with E-state index in [4.69, 9.17) is 24.1 Å². The molecule has 2 rings (SSSR count). The van der Waals surface area contributed by atoms with Crippen LogP contribution >= 0.6 is 0 Å². The Hall–Kier alpha value is -2.77. The highest BCUT2D eigenvalue weighted by Crippen LogP contribution is 2.34. The van der Waals surface area contributed by atoms with Crippen LogP contribution in [0.1, 0.15) is 25.6 Å². The Morgan fingerprint density at radius 1 is 1.34 bits per heavy atom. The van der Waals surface area contributed by atoms with Gasteiger partial charge in [-0.25, -0.2) is 4.79 Å². The molecule has 1 aliphatic rings. The molecule has 12 nitrogen and oxygen atoms in total. The number of rotatable bonds is 7. The summed E-state index contributed by atoms with van der Waals surface area (Å²) in [6.45, 7) is 5.39. The summed E-state index contributed by atoms with van der Waals surface area (Å²) < 4.78 is 45.2. The third-order valence-corrected chi connectivity index (χ3v) is 4.40. The second-order valence-corrected chi connectivity index (χ2v) is 7.78. The molecule has 1 fully saturated rings. The first kappa shape index (κ1) is 22.5. The van der Waals surface area contributed by atoms with Gasteiger partial charge in [0.1, 0.15) is 24.6 Å². The summed E-state index contributed by atoms with van der Waals surface area (Å²) >= 11 is 0. The van der Waals surface area contributed by atoms with E-state index in [1.54, 1.807) is 0 Å². The predicted octanol–water partition coefficient (Wildman–Crippen LogP) is -0.794. The summed E-state index contributed by atoms with van der Waals surface area (Å²) in [7, 11) is -4.03. The van der Waals surface area contributed by atoms with Crippen molar-refractivity contribution in [2.24, 2.45) is 0 Å². The van der Waals surface area contributed by atoms with Gasteiger partial charge in [0.25, 0.3) is 10.1 Å². The minimum Gasteiger partial charge on any atom is -0.463 e. The maximum atomic E-state index is 12.4. The molecule has 4 atom stereocenters. The summed E-state index contributed by atoms with van der Waals surface area (Å²) in [6.07, 6.45) is -1.86. The van der Waals surface area contributed by atoms with E-state index in [1.165, 1.54) is 12.3 Å². The molecule has 0 bridgehead atoms. The van der Waals surface area contributed by atoms with Gasteiger partial charge in [-0.1, -0.05) is 12.7 Å². The van der Waals surface area contributed by atoms with E-state index in [1.807, 2.05) is 0 Å². The Morgan fingerprint density at radius 3 is 2.52 bits per heavy atom. The minimum atomic E-state index is -4.03. The first-order valence-electron chi connectivity index (χ1n) is 8.28. The van der Waals surface area contributed by atoms with Crippen molar-refractivity contribution in [2.45, 2.75) is 38.4 Å². The molecule has 2 heterocycles. The van der Waals surface area contributed by atoms with Crippen LogP contribution in [0.15, 0.2) is 17.6 Å². The van der Waals surface area contributed by atoms with Crippen LogP contribution in [0.3, 0.4) is 0 Å². The molecule has 160 valence electrons. The third kappa shape index (κ3) is 5.62. The summed E-state index contributed by atoms with van der Waals surface area (Å²) in [5, 5.41) is 0. The third-order valence-electron chi connectivity index (χ3n) is 3.83. The second kappa shape index (κ2) is 8.71. The fourth-order valence-corrected chi connectivity index (χ4v) is 3.37. The normalized spacial score (nSPS) is 24.1. The zero-order valence-electron chi connectivity index (χ0n) is 15.9. The van der Waals surface area contributed by atoms with Crippen molar-refractivity contribution in [3.63, 3.8) is 0 Å². The largest absolute Gasteiger partial charge is 0.463 e. The number of nitrogens with zero attached hydrogens (tertiary/aromatic N) is 2. The molecule has 0 radical (unpaired) electrons. The Bertz CT molecular complexity index is 972. The summed E-state index contributed by atoms with van der Waals surface area (Å²) in [4.78, 5) is 38.8. The number of carbonyl (C=O) groups is 2. The molecule has 0 aromatic carbocycles. The zero-order valence-corrected chi connectivity index (χ0v) is 16.7. The summed E-state index contributed by atoms with van der Waals surface area (Å²) in [6, 6.07) is 0. The van der Waals surface area contributed by atoms with Crippen molar-refractivity contribution in [3.05, 3.63) is 28.8 Å². The Kier molecular flexibility index (Phi) is 6.77. The van der Waals surface area contributed by atoms with E-state index in [0.29, 0.717) is 5.56 Å². The quantitative estimate of drug-likeness (QED) is 0.424. The van der Waals surface area contributed by atoms with Crippen molar-refractivity contribution >= 4 is 34.0 Å². The maximum absolute atomic E-state index is 12.4. The SMILES string of the molecule is C=Cc1cn([C@@H]2O[C@H](COC(C)=O)[C@H](OS(C)(=O)=O)[C@H]2OC(C)=O)c(=O)nc1N. The lowest BCUT2D eigenvalue weighted by atomic mass is 10.1. The number of hydrogen-bond acceptors (Lipinski definition) is 11. The number of nitrogen functional groups attached to an aromatic ring is 1. The molecule has 0 unspecified atom stereocenters. The molecule has 29 heavy (non-hydrogen) atoms. The molecule has 1 saturated heterocycles. The molecular weight excluding hydrogens is 410 g/mol. The molecule has 0 saturated carbocycles. The van der Waals surface area contributed by atoms with Gasteiger partial charge in [-0.2, -0.15) is 13.4 Å². The van der Waals surface area contributed by atoms with Crippen molar-refractivity contribution in [1.29, 1.82) is 0 Å². The van der Waals surface area contributed by atoms with Crippen LogP contribution in [0.2, 0.25) is 0 Å². The number of hydrogen-bond donors (Lipinski definition) is 1. The van der Waals surface area contributed by atoms with E-state index < -0.39 is 58.9 Å². The van der Waals surface area contributed by atoms with Gasteiger partial charge in [0.05, 0.1) is 6.26 Å². The number of anilines is 1. The lowest BCUT2D eigenvalue weighted by Gasteiger charge is -2.23. The molecule has 0 amide bonds. The lowest BCUT2D eigenvalue weighted by molar-refractivity contribution is -0.155. The fraction of sp³-hybridized carbons (Fsp3) is 0.500. The molecule has 1 aromatic rings. The van der Waals surface area contributed by atoms with Crippen LogP contribution < -0.4 is 11.4 Å². The van der Waals surface area contributed by atoms with E-state index in [9.17, 15) is 22.8 Å². The fourth-order valence-electron chi connectivity index (χ4n) is 2.74. The standard InChI is InChI=1S/C16H21N3O9S/c1-5-10-6-19(16(22)18-14(10)17)15-13(26-9(3)21)12(28-29(4,23)24)11(27-15)7-25-8(2)20/h5-6,11-13,15H,1,7H2,2-4H3,(H2,17,18,22)/t11-,12+,13-,15-/m1/s1. The summed E-state index contributed by atoms with van der Waals surface area (Å²) in [5.41, 5.74) is 5.10. The molecule has 2 N–H and O–H groups in total. The van der Waals surface area contributed by atoms with Crippen LogP contribution in [-0.2, 0) is 38.1 Å². The van der Waals surface area contributed by atoms with Gasteiger partial charge in [0.2, 0.25) is 0 Å². The Balaban J connectivity index is 2.54. The average molecular weight is 431 g/mol. The molecule has 0 aliphatic carbocycles. The average Bonchev–Trinajstić information content (AvgIpc) is 2.88. The highest BCUT2D eigenvalue weighted by Gasteiger charge is 2.51. The van der Waals surface area contributed by atoms with E-state index in [2.05, 4.69) is 11.6 Å². The molecule has 1 aliphatic heterocycles. The van der Waals surface area contributed by atoms with Gasteiger partial charge < -0.3 is 19.9 Å². The van der Waals surface area contributed by atoms with Crippen molar-refractivity contribution in [3.8, 4) is 0 Å². The van der Waals surface area contributed by atoms with Gasteiger partial charge in [0, 0.05) is 25.6 Å². The minimum absolute atomic E-state index is 0.0799. The van der Waals surface area contributed by atoms with E-state index in [-0.39, 0.29) is 5.82 Å². The first-order valence-corrected chi connectivity index (χ1v) is 10.1. The number of esters is 2. The lowest BCUT2D eigenvalue weighted by Crippen LogP contribution is -2.42. The van der Waals surface area contributed by atoms with Gasteiger partial charge >= 0.3 is 17.6 Å². The van der Waals surface area contributed by atoms with Crippen LogP contribution in [0.5, 0.6) is 0 Å². The highest BCUT2D eigenvalue weighted by molar-refractivity contribution is 7.86. The number of carbonyl (C=O) groups excluding carboxylic acids is 2. The van der Waals surface area contributed by atoms with Crippen LogP contribution in [0.4, 0.5) is 5.82 Å². The van der Waals surface area contributed by atoms with Crippen LogP contribution in [-0.4, -0.2) is 61.1 Å². The molecule has 13 heteroatoms.